The molecule has 0 saturated carbocycles. The van der Waals surface area contributed by atoms with E-state index in [1.165, 1.54) is 0 Å². The molecule has 0 aliphatic rings. The van der Waals surface area contributed by atoms with Crippen LogP contribution in [-0.4, -0.2) is 44.4 Å². The minimum atomic E-state index is -0.721. The molecule has 0 radical (unpaired) electrons. The van der Waals surface area contributed by atoms with E-state index in [-0.39, 0.29) is 6.54 Å². The van der Waals surface area contributed by atoms with Crippen molar-refractivity contribution in [2.75, 3.05) is 33.4 Å². The minimum Gasteiger partial charge on any atom is -0.386 e. The fourth-order valence-corrected chi connectivity index (χ4v) is 1.90. The Balaban J connectivity index is 2.59. The first-order valence-electron chi connectivity index (χ1n) is 6.62. The Hall–Kier alpha value is -1.30. The van der Waals surface area contributed by atoms with Gasteiger partial charge in [0, 0.05) is 30.8 Å². The van der Waals surface area contributed by atoms with Gasteiger partial charge < -0.3 is 20.5 Å². The number of rotatable bonds is 7. The zero-order chi connectivity index (χ0) is 14.8. The van der Waals surface area contributed by atoms with Crippen LogP contribution in [0.3, 0.4) is 0 Å². The highest BCUT2D eigenvalue weighted by Crippen LogP contribution is 2.22. The number of nitrogens with one attached hydrogen (secondary N) is 2. The van der Waals surface area contributed by atoms with Gasteiger partial charge >= 0.3 is 0 Å². The molecule has 5 nitrogen and oxygen atoms in total. The highest BCUT2D eigenvalue weighted by Gasteiger charge is 2.10. The van der Waals surface area contributed by atoms with Gasteiger partial charge in [-0.2, -0.15) is 0 Å². The second-order valence-corrected chi connectivity index (χ2v) is 4.58. The van der Waals surface area contributed by atoms with Crippen molar-refractivity contribution in [2.45, 2.75) is 13.0 Å². The monoisotopic (exact) mass is 299 g/mol. The summed E-state index contributed by atoms with van der Waals surface area (Å²) in [6.07, 6.45) is -0.721. The van der Waals surface area contributed by atoms with Crippen molar-refractivity contribution >= 4 is 17.6 Å². The topological polar surface area (TPSA) is 65.9 Å². The molecule has 1 unspecified atom stereocenters. The maximum atomic E-state index is 10.1. The normalized spacial score (nSPS) is 13.1. The SMILES string of the molecule is CCNC(=NCC(O)c1ccccc1Cl)NCCOC. The van der Waals surface area contributed by atoms with E-state index in [2.05, 4.69) is 15.6 Å². The molecule has 6 heteroatoms. The third kappa shape index (κ3) is 5.77. The van der Waals surface area contributed by atoms with E-state index in [0.29, 0.717) is 29.7 Å². The standard InChI is InChI=1S/C14H22ClN3O2/c1-3-16-14(17-8-9-20-2)18-10-13(19)11-6-4-5-7-12(11)15/h4-7,13,19H,3,8-10H2,1-2H3,(H2,16,17,18). The Morgan fingerprint density at radius 3 is 2.80 bits per heavy atom. The number of methoxy groups -OCH3 is 1. The Labute approximate surface area is 125 Å². The lowest BCUT2D eigenvalue weighted by molar-refractivity contribution is 0.187. The molecule has 1 aromatic carbocycles. The molecule has 0 heterocycles. The molecule has 0 aliphatic carbocycles. The van der Waals surface area contributed by atoms with Crippen LogP contribution in [0.25, 0.3) is 0 Å². The molecule has 0 aliphatic heterocycles. The maximum absolute atomic E-state index is 10.1. The first-order chi connectivity index (χ1) is 9.69. The van der Waals surface area contributed by atoms with Gasteiger partial charge in [-0.15, -0.1) is 0 Å². The Bertz CT molecular complexity index is 427. The summed E-state index contributed by atoms with van der Waals surface area (Å²) in [4.78, 5) is 4.33. The highest BCUT2D eigenvalue weighted by molar-refractivity contribution is 6.31. The molecule has 0 aromatic heterocycles. The summed E-state index contributed by atoms with van der Waals surface area (Å²) in [7, 11) is 1.65. The number of aliphatic hydroxyl groups is 1. The van der Waals surface area contributed by atoms with E-state index in [1.54, 1.807) is 19.2 Å². The van der Waals surface area contributed by atoms with Crippen LogP contribution >= 0.6 is 11.6 Å². The van der Waals surface area contributed by atoms with Crippen LogP contribution in [0.2, 0.25) is 5.02 Å². The largest absolute Gasteiger partial charge is 0.386 e. The average molecular weight is 300 g/mol. The smallest absolute Gasteiger partial charge is 0.191 e. The van der Waals surface area contributed by atoms with Gasteiger partial charge in [0.05, 0.1) is 13.2 Å². The minimum absolute atomic E-state index is 0.242. The fourth-order valence-electron chi connectivity index (χ4n) is 1.63. The van der Waals surface area contributed by atoms with Gasteiger partial charge in [-0.25, -0.2) is 0 Å². The molecular formula is C14H22ClN3O2. The molecule has 0 fully saturated rings. The second-order valence-electron chi connectivity index (χ2n) is 4.18. The number of aliphatic hydroxyl groups excluding tert-OH is 1. The van der Waals surface area contributed by atoms with Crippen LogP contribution in [0.5, 0.6) is 0 Å². The van der Waals surface area contributed by atoms with Crippen molar-refractivity contribution in [3.8, 4) is 0 Å². The van der Waals surface area contributed by atoms with Gasteiger partial charge in [-0.05, 0) is 13.0 Å². The summed E-state index contributed by atoms with van der Waals surface area (Å²) >= 11 is 6.04. The van der Waals surface area contributed by atoms with Crippen molar-refractivity contribution in [3.63, 3.8) is 0 Å². The summed E-state index contributed by atoms with van der Waals surface area (Å²) in [5.74, 6) is 0.649. The number of ether oxygens (including phenoxy) is 1. The third-order valence-electron chi connectivity index (χ3n) is 2.63. The van der Waals surface area contributed by atoms with Gasteiger partial charge in [-0.1, -0.05) is 29.8 Å². The summed E-state index contributed by atoms with van der Waals surface area (Å²) in [6.45, 7) is 4.23. The Morgan fingerprint density at radius 1 is 1.40 bits per heavy atom. The highest BCUT2D eigenvalue weighted by atomic mass is 35.5. The zero-order valence-electron chi connectivity index (χ0n) is 11.9. The van der Waals surface area contributed by atoms with Crippen LogP contribution in [0.1, 0.15) is 18.6 Å². The summed E-state index contributed by atoms with van der Waals surface area (Å²) in [5.41, 5.74) is 0.686. The summed E-state index contributed by atoms with van der Waals surface area (Å²) in [6, 6.07) is 7.23. The molecule has 1 rings (SSSR count). The van der Waals surface area contributed by atoms with E-state index in [9.17, 15) is 5.11 Å². The quantitative estimate of drug-likeness (QED) is 0.406. The maximum Gasteiger partial charge on any atom is 0.191 e. The van der Waals surface area contributed by atoms with Crippen molar-refractivity contribution < 1.29 is 9.84 Å². The second kappa shape index (κ2) is 9.58. The molecule has 0 spiro atoms. The van der Waals surface area contributed by atoms with E-state index < -0.39 is 6.10 Å². The number of guanidine groups is 1. The zero-order valence-corrected chi connectivity index (χ0v) is 12.7. The Morgan fingerprint density at radius 2 is 2.15 bits per heavy atom. The van der Waals surface area contributed by atoms with E-state index in [0.717, 1.165) is 6.54 Å². The van der Waals surface area contributed by atoms with Crippen molar-refractivity contribution in [2.24, 2.45) is 4.99 Å². The van der Waals surface area contributed by atoms with Gasteiger partial charge in [0.25, 0.3) is 0 Å². The first-order valence-corrected chi connectivity index (χ1v) is 7.00. The molecule has 20 heavy (non-hydrogen) atoms. The first kappa shape index (κ1) is 16.8. The third-order valence-corrected chi connectivity index (χ3v) is 2.97. The lowest BCUT2D eigenvalue weighted by Gasteiger charge is -2.13. The Kier molecular flexibility index (Phi) is 8.02. The summed E-state index contributed by atoms with van der Waals surface area (Å²) in [5, 5.41) is 16.9. The van der Waals surface area contributed by atoms with Crippen molar-refractivity contribution in [1.82, 2.24) is 10.6 Å². The number of benzene rings is 1. The molecule has 0 amide bonds. The van der Waals surface area contributed by atoms with Gasteiger partial charge in [0.15, 0.2) is 5.96 Å². The van der Waals surface area contributed by atoms with Gasteiger partial charge in [0.1, 0.15) is 6.10 Å². The molecule has 0 saturated heterocycles. The van der Waals surface area contributed by atoms with Crippen LogP contribution in [0.4, 0.5) is 0 Å². The van der Waals surface area contributed by atoms with Crippen LogP contribution in [0.15, 0.2) is 29.3 Å². The van der Waals surface area contributed by atoms with E-state index in [4.69, 9.17) is 16.3 Å². The molecule has 112 valence electrons. The fraction of sp³-hybridized carbons (Fsp3) is 0.500. The number of hydrogen-bond acceptors (Lipinski definition) is 3. The van der Waals surface area contributed by atoms with Gasteiger partial charge in [0.2, 0.25) is 0 Å². The number of nitrogens with zero attached hydrogens (tertiary/aromatic N) is 1. The number of halogens is 1. The molecule has 3 N–H and O–H groups in total. The average Bonchev–Trinajstić information content (AvgIpc) is 2.45. The number of aliphatic imine (C=N–C) groups is 1. The predicted molar refractivity (Wildman–Crippen MR) is 82.3 cm³/mol. The molecular weight excluding hydrogens is 278 g/mol. The van der Waals surface area contributed by atoms with Crippen LogP contribution in [0, 0.1) is 0 Å². The predicted octanol–water partition coefficient (Wildman–Crippen LogP) is 1.57. The lowest BCUT2D eigenvalue weighted by atomic mass is 10.1. The van der Waals surface area contributed by atoms with E-state index in [1.807, 2.05) is 19.1 Å². The van der Waals surface area contributed by atoms with Crippen molar-refractivity contribution in [3.05, 3.63) is 34.9 Å². The van der Waals surface area contributed by atoms with Crippen LogP contribution in [-0.2, 0) is 4.74 Å². The molecule has 1 aromatic rings. The van der Waals surface area contributed by atoms with Crippen molar-refractivity contribution in [1.29, 1.82) is 0 Å². The summed E-state index contributed by atoms with van der Waals surface area (Å²) < 4.78 is 4.97. The molecule has 1 atom stereocenters. The van der Waals surface area contributed by atoms with Gasteiger partial charge in [-0.3, -0.25) is 4.99 Å². The lowest BCUT2D eigenvalue weighted by Crippen LogP contribution is -2.39. The molecule has 0 bridgehead atoms. The van der Waals surface area contributed by atoms with Crippen LogP contribution < -0.4 is 10.6 Å². The number of hydrogen-bond donors (Lipinski definition) is 3. The van der Waals surface area contributed by atoms with E-state index >= 15 is 0 Å².